The number of nitrogens with one attached hydrogen (secondary N) is 3. The van der Waals surface area contributed by atoms with Crippen molar-refractivity contribution in [3.05, 3.63) is 0 Å². The Morgan fingerprint density at radius 1 is 1.60 bits per heavy atom. The van der Waals surface area contributed by atoms with Gasteiger partial charge in [-0.3, -0.25) is 4.79 Å². The molecule has 0 aliphatic carbocycles. The van der Waals surface area contributed by atoms with E-state index >= 15 is 0 Å². The van der Waals surface area contributed by atoms with E-state index in [-0.39, 0.29) is 37.8 Å². The number of carbonyl (C=O) groups is 1. The lowest BCUT2D eigenvalue weighted by Gasteiger charge is -2.30. The van der Waals surface area contributed by atoms with Gasteiger partial charge in [-0.25, -0.2) is 8.78 Å². The number of carbonyl (C=O) groups excluding carboxylic acids is 1. The average Bonchev–Trinajstić information content (AvgIpc) is 2.02. The van der Waals surface area contributed by atoms with Crippen molar-refractivity contribution in [2.75, 3.05) is 26.7 Å². The van der Waals surface area contributed by atoms with Crippen molar-refractivity contribution in [1.29, 1.82) is 0 Å². The first-order chi connectivity index (χ1) is 6.53. The first-order valence-corrected chi connectivity index (χ1v) is 4.56. The highest BCUT2D eigenvalue weighted by atomic mass is 35.5. The molecule has 1 rings (SSSR count). The number of piperidine rings is 1. The van der Waals surface area contributed by atoms with Gasteiger partial charge in [-0.15, -0.1) is 12.4 Å². The van der Waals surface area contributed by atoms with Gasteiger partial charge < -0.3 is 16.0 Å². The number of alkyl halides is 2. The Bertz CT molecular complexity index is 216. The van der Waals surface area contributed by atoms with Crippen molar-refractivity contribution >= 4 is 18.3 Å². The summed E-state index contributed by atoms with van der Waals surface area (Å²) in [5.41, 5.74) is 0. The van der Waals surface area contributed by atoms with E-state index < -0.39 is 12.0 Å². The second-order valence-electron chi connectivity index (χ2n) is 3.49. The largest absolute Gasteiger partial charge is 0.351 e. The molecule has 1 unspecified atom stereocenters. The van der Waals surface area contributed by atoms with Gasteiger partial charge in [0.1, 0.15) is 0 Å². The minimum absolute atomic E-state index is 0. The van der Waals surface area contributed by atoms with Crippen LogP contribution in [0.5, 0.6) is 0 Å². The molecule has 1 saturated heterocycles. The number of likely N-dealkylation sites (N-methyl/N-ethyl adjacent to an activating group) is 1. The van der Waals surface area contributed by atoms with E-state index in [9.17, 15) is 13.6 Å². The molecule has 90 valence electrons. The Morgan fingerprint density at radius 2 is 2.27 bits per heavy atom. The summed E-state index contributed by atoms with van der Waals surface area (Å²) < 4.78 is 25.7. The highest BCUT2D eigenvalue weighted by Gasteiger charge is 2.36. The van der Waals surface area contributed by atoms with E-state index in [2.05, 4.69) is 16.0 Å². The highest BCUT2D eigenvalue weighted by molar-refractivity contribution is 5.85. The van der Waals surface area contributed by atoms with Crippen LogP contribution in [0.25, 0.3) is 0 Å². The molecule has 0 saturated carbocycles. The second-order valence-corrected chi connectivity index (χ2v) is 3.49. The molecular formula is C8H16ClF2N3O. The molecule has 1 aliphatic heterocycles. The molecule has 0 radical (unpaired) electrons. The molecule has 0 aromatic heterocycles. The van der Waals surface area contributed by atoms with Crippen molar-refractivity contribution in [3.63, 3.8) is 0 Å². The lowest BCUT2D eigenvalue weighted by molar-refractivity contribution is -0.121. The Hall–Kier alpha value is -0.460. The van der Waals surface area contributed by atoms with E-state index in [1.54, 1.807) is 7.05 Å². The maximum Gasteiger partial charge on any atom is 0.262 e. The number of halogens is 3. The van der Waals surface area contributed by atoms with Crippen molar-refractivity contribution < 1.29 is 13.6 Å². The van der Waals surface area contributed by atoms with Crippen LogP contribution in [0, 0.1) is 0 Å². The quantitative estimate of drug-likeness (QED) is 0.640. The van der Waals surface area contributed by atoms with Gasteiger partial charge in [-0.2, -0.15) is 0 Å². The summed E-state index contributed by atoms with van der Waals surface area (Å²) in [5.74, 6) is -2.97. The SMILES string of the molecule is CNCC(=O)NC1CNCC(F)(F)C1.Cl. The third kappa shape index (κ3) is 5.25. The van der Waals surface area contributed by atoms with Gasteiger partial charge in [0.05, 0.1) is 13.1 Å². The van der Waals surface area contributed by atoms with E-state index in [0.29, 0.717) is 6.54 Å². The van der Waals surface area contributed by atoms with Crippen LogP contribution in [-0.2, 0) is 4.79 Å². The van der Waals surface area contributed by atoms with Crippen LogP contribution in [0.15, 0.2) is 0 Å². The van der Waals surface area contributed by atoms with Crippen LogP contribution in [-0.4, -0.2) is 44.6 Å². The topological polar surface area (TPSA) is 53.2 Å². The minimum Gasteiger partial charge on any atom is -0.351 e. The van der Waals surface area contributed by atoms with E-state index in [0.717, 1.165) is 0 Å². The van der Waals surface area contributed by atoms with E-state index in [4.69, 9.17) is 0 Å². The van der Waals surface area contributed by atoms with Gasteiger partial charge in [-0.05, 0) is 7.05 Å². The van der Waals surface area contributed by atoms with Gasteiger partial charge in [0.25, 0.3) is 5.92 Å². The Kier molecular flexibility index (Phi) is 6.00. The molecular weight excluding hydrogens is 228 g/mol. The van der Waals surface area contributed by atoms with E-state index in [1.165, 1.54) is 0 Å². The lowest BCUT2D eigenvalue weighted by Crippen LogP contribution is -2.54. The van der Waals surface area contributed by atoms with Crippen LogP contribution in [0.1, 0.15) is 6.42 Å². The third-order valence-corrected chi connectivity index (χ3v) is 2.02. The number of hydrogen-bond donors (Lipinski definition) is 3. The summed E-state index contributed by atoms with van der Waals surface area (Å²) in [5, 5.41) is 7.78. The Balaban J connectivity index is 0.00000196. The smallest absolute Gasteiger partial charge is 0.262 e. The summed E-state index contributed by atoms with van der Waals surface area (Å²) in [6, 6.07) is -0.473. The van der Waals surface area contributed by atoms with Gasteiger partial charge in [0, 0.05) is 19.0 Å². The molecule has 4 nitrogen and oxygen atoms in total. The number of amides is 1. The van der Waals surface area contributed by atoms with E-state index in [1.807, 2.05) is 0 Å². The molecule has 1 amide bonds. The van der Waals surface area contributed by atoms with Crippen molar-refractivity contribution in [2.45, 2.75) is 18.4 Å². The summed E-state index contributed by atoms with van der Waals surface area (Å²) in [7, 11) is 1.63. The van der Waals surface area contributed by atoms with Crippen molar-refractivity contribution in [1.82, 2.24) is 16.0 Å². The standard InChI is InChI=1S/C8H15F2N3O.ClH/c1-11-4-7(14)13-6-2-8(9,10)5-12-3-6;/h6,11-12H,2-5H2,1H3,(H,13,14);1H. The molecule has 0 spiro atoms. The molecule has 15 heavy (non-hydrogen) atoms. The lowest BCUT2D eigenvalue weighted by atomic mass is 10.0. The molecule has 1 aliphatic rings. The molecule has 3 N–H and O–H groups in total. The van der Waals surface area contributed by atoms with Gasteiger partial charge in [0.2, 0.25) is 5.91 Å². The molecule has 0 bridgehead atoms. The van der Waals surface area contributed by atoms with Crippen molar-refractivity contribution in [2.24, 2.45) is 0 Å². The third-order valence-electron chi connectivity index (χ3n) is 2.02. The zero-order valence-corrected chi connectivity index (χ0v) is 9.29. The zero-order chi connectivity index (χ0) is 10.6. The maximum atomic E-state index is 12.9. The maximum absolute atomic E-state index is 12.9. The number of rotatable bonds is 3. The summed E-state index contributed by atoms with van der Waals surface area (Å²) in [4.78, 5) is 11.1. The molecule has 1 heterocycles. The van der Waals surface area contributed by atoms with Gasteiger partial charge in [-0.1, -0.05) is 0 Å². The Labute approximate surface area is 93.6 Å². The fourth-order valence-electron chi connectivity index (χ4n) is 1.48. The molecule has 1 atom stereocenters. The summed E-state index contributed by atoms with van der Waals surface area (Å²) in [6.45, 7) is 0.262. The van der Waals surface area contributed by atoms with Crippen LogP contribution in [0.3, 0.4) is 0 Å². The normalized spacial score (nSPS) is 24.1. The predicted molar refractivity (Wildman–Crippen MR) is 55.5 cm³/mol. The highest BCUT2D eigenvalue weighted by Crippen LogP contribution is 2.22. The van der Waals surface area contributed by atoms with Gasteiger partial charge in [0.15, 0.2) is 0 Å². The molecule has 7 heteroatoms. The fourth-order valence-corrected chi connectivity index (χ4v) is 1.48. The molecule has 0 aromatic carbocycles. The molecule has 1 fully saturated rings. The number of hydrogen-bond acceptors (Lipinski definition) is 3. The van der Waals surface area contributed by atoms with Crippen LogP contribution < -0.4 is 16.0 Å². The first-order valence-electron chi connectivity index (χ1n) is 4.56. The zero-order valence-electron chi connectivity index (χ0n) is 8.48. The van der Waals surface area contributed by atoms with Crippen LogP contribution in [0.2, 0.25) is 0 Å². The van der Waals surface area contributed by atoms with Crippen LogP contribution >= 0.6 is 12.4 Å². The molecule has 0 aromatic rings. The minimum atomic E-state index is -2.71. The summed E-state index contributed by atoms with van der Waals surface area (Å²) in [6.07, 6.45) is -0.282. The summed E-state index contributed by atoms with van der Waals surface area (Å²) >= 11 is 0. The predicted octanol–water partition coefficient (Wildman–Crippen LogP) is -0.259. The van der Waals surface area contributed by atoms with Crippen molar-refractivity contribution in [3.8, 4) is 0 Å². The second kappa shape index (κ2) is 6.19. The first kappa shape index (κ1) is 14.5. The van der Waals surface area contributed by atoms with Crippen LogP contribution in [0.4, 0.5) is 8.78 Å². The average molecular weight is 244 g/mol. The monoisotopic (exact) mass is 243 g/mol. The Morgan fingerprint density at radius 3 is 2.80 bits per heavy atom. The van der Waals surface area contributed by atoms with Gasteiger partial charge >= 0.3 is 0 Å². The fraction of sp³-hybridized carbons (Fsp3) is 0.875.